The Balaban J connectivity index is 2.82. The van der Waals surface area contributed by atoms with Crippen molar-refractivity contribution in [1.29, 1.82) is 0 Å². The number of aliphatic hydroxyl groups excluding tert-OH is 1. The lowest BCUT2D eigenvalue weighted by Crippen LogP contribution is -2.27. The fourth-order valence-corrected chi connectivity index (χ4v) is 3.90. The van der Waals surface area contributed by atoms with Crippen LogP contribution in [0.5, 0.6) is 0 Å². The largest absolute Gasteiger partial charge is 0.391 e. The molecule has 0 saturated heterocycles. The molecule has 0 aliphatic carbocycles. The molecule has 0 amide bonds. The van der Waals surface area contributed by atoms with Crippen LogP contribution in [-0.2, 0) is 16.6 Å². The minimum atomic E-state index is -3.42. The Hall–Kier alpha value is -0.430. The molecule has 0 aliphatic rings. The van der Waals surface area contributed by atoms with E-state index in [1.165, 1.54) is 0 Å². The molecule has 4 nitrogen and oxygen atoms in total. The van der Waals surface area contributed by atoms with Gasteiger partial charge in [0.1, 0.15) is 4.21 Å². The summed E-state index contributed by atoms with van der Waals surface area (Å²) in [6.07, 6.45) is 0.938. The number of hydrogen-bond acceptors (Lipinski definition) is 4. The summed E-state index contributed by atoms with van der Waals surface area (Å²) in [4.78, 5) is 0.703. The van der Waals surface area contributed by atoms with Crippen molar-refractivity contribution in [3.63, 3.8) is 0 Å². The second-order valence-corrected chi connectivity index (χ2v) is 7.33. The molecule has 1 aromatic heterocycles. The number of aryl methyl sites for hydroxylation is 1. The quantitative estimate of drug-likeness (QED) is 0.834. The highest BCUT2D eigenvalue weighted by Crippen LogP contribution is 2.25. The number of nitrogens with one attached hydrogen (secondary N) is 1. The summed E-state index contributed by atoms with van der Waals surface area (Å²) < 4.78 is 26.8. The minimum Gasteiger partial charge on any atom is -0.391 e. The van der Waals surface area contributed by atoms with E-state index in [1.807, 2.05) is 13.8 Å². The zero-order valence-electron chi connectivity index (χ0n) is 10.4. The van der Waals surface area contributed by atoms with Crippen molar-refractivity contribution in [2.75, 3.05) is 6.54 Å². The predicted molar refractivity (Wildman–Crippen MR) is 69.6 cm³/mol. The van der Waals surface area contributed by atoms with E-state index in [0.717, 1.165) is 23.3 Å². The van der Waals surface area contributed by atoms with Crippen LogP contribution in [0.25, 0.3) is 0 Å². The number of rotatable bonds is 6. The first-order valence-electron chi connectivity index (χ1n) is 5.60. The van der Waals surface area contributed by atoms with E-state index in [0.29, 0.717) is 17.3 Å². The normalized spacial score (nSPS) is 13.9. The molecule has 0 bridgehead atoms. The molecule has 0 saturated carbocycles. The van der Waals surface area contributed by atoms with Crippen LogP contribution in [-0.4, -0.2) is 20.1 Å². The summed E-state index contributed by atoms with van der Waals surface area (Å²) in [5, 5.41) is 9.05. The monoisotopic (exact) mass is 277 g/mol. The summed E-state index contributed by atoms with van der Waals surface area (Å²) >= 11 is 1.13. The van der Waals surface area contributed by atoms with Crippen LogP contribution >= 0.6 is 11.3 Å². The van der Waals surface area contributed by atoms with Crippen molar-refractivity contribution in [2.45, 2.75) is 38.0 Å². The van der Waals surface area contributed by atoms with Gasteiger partial charge >= 0.3 is 0 Å². The second kappa shape index (κ2) is 5.95. The first-order valence-corrected chi connectivity index (χ1v) is 7.90. The third kappa shape index (κ3) is 3.77. The molecule has 1 unspecified atom stereocenters. The first kappa shape index (κ1) is 14.6. The molecular formula is C11H19NO3S2. The van der Waals surface area contributed by atoms with Crippen molar-refractivity contribution >= 4 is 21.4 Å². The molecule has 1 heterocycles. The van der Waals surface area contributed by atoms with E-state index in [-0.39, 0.29) is 10.8 Å². The van der Waals surface area contributed by atoms with E-state index in [4.69, 9.17) is 5.11 Å². The van der Waals surface area contributed by atoms with Crippen molar-refractivity contribution in [3.05, 3.63) is 16.5 Å². The smallest absolute Gasteiger partial charge is 0.250 e. The molecule has 1 aromatic rings. The van der Waals surface area contributed by atoms with Crippen LogP contribution in [0.1, 0.15) is 30.7 Å². The third-order valence-electron chi connectivity index (χ3n) is 2.73. The van der Waals surface area contributed by atoms with Crippen LogP contribution in [0.15, 0.2) is 10.3 Å². The van der Waals surface area contributed by atoms with Gasteiger partial charge in [-0.15, -0.1) is 11.3 Å². The summed E-state index contributed by atoms with van der Waals surface area (Å²) in [5.41, 5.74) is 0.821. The van der Waals surface area contributed by atoms with Crippen LogP contribution in [0, 0.1) is 12.8 Å². The molecule has 2 N–H and O–H groups in total. The average Bonchev–Trinajstić information content (AvgIpc) is 2.68. The highest BCUT2D eigenvalue weighted by Gasteiger charge is 2.18. The fourth-order valence-electron chi connectivity index (χ4n) is 1.25. The van der Waals surface area contributed by atoms with E-state index >= 15 is 0 Å². The fraction of sp³-hybridized carbons (Fsp3) is 0.636. The standard InChI is InChI=1S/C11H19NO3S2/c1-4-8(2)6-12-17(14,15)11-5-9(3)10(7-13)16-11/h5,8,12-13H,4,6-7H2,1-3H3. The van der Waals surface area contributed by atoms with Crippen LogP contribution in [0.3, 0.4) is 0 Å². The SMILES string of the molecule is CCC(C)CNS(=O)(=O)c1cc(C)c(CO)s1. The van der Waals surface area contributed by atoms with Crippen molar-refractivity contribution in [2.24, 2.45) is 5.92 Å². The van der Waals surface area contributed by atoms with Crippen molar-refractivity contribution in [3.8, 4) is 0 Å². The molecule has 6 heteroatoms. The van der Waals surface area contributed by atoms with Gasteiger partial charge in [0.25, 0.3) is 0 Å². The summed E-state index contributed by atoms with van der Waals surface area (Å²) in [6.45, 7) is 6.16. The van der Waals surface area contributed by atoms with Gasteiger partial charge in [-0.2, -0.15) is 0 Å². The molecule has 0 radical (unpaired) electrons. The zero-order chi connectivity index (χ0) is 13.1. The van der Waals surface area contributed by atoms with Crippen molar-refractivity contribution in [1.82, 2.24) is 4.72 Å². The lowest BCUT2D eigenvalue weighted by molar-refractivity contribution is 0.285. The van der Waals surface area contributed by atoms with E-state index in [9.17, 15) is 8.42 Å². The highest BCUT2D eigenvalue weighted by molar-refractivity contribution is 7.91. The predicted octanol–water partition coefficient (Wildman–Crippen LogP) is 1.87. The van der Waals surface area contributed by atoms with Crippen LogP contribution in [0.2, 0.25) is 0 Å². The highest BCUT2D eigenvalue weighted by atomic mass is 32.2. The van der Waals surface area contributed by atoms with Gasteiger partial charge in [-0.1, -0.05) is 20.3 Å². The molecule has 0 aliphatic heterocycles. The van der Waals surface area contributed by atoms with E-state index in [2.05, 4.69) is 4.72 Å². The van der Waals surface area contributed by atoms with Gasteiger partial charge in [-0.05, 0) is 24.5 Å². The molecule has 0 spiro atoms. The molecule has 17 heavy (non-hydrogen) atoms. The summed E-state index contributed by atoms with van der Waals surface area (Å²) in [6, 6.07) is 1.61. The Bertz CT molecular complexity index is 465. The molecule has 1 rings (SSSR count). The maximum atomic E-state index is 12.0. The Morgan fingerprint density at radius 1 is 1.53 bits per heavy atom. The molecule has 0 aromatic carbocycles. The van der Waals surface area contributed by atoms with Gasteiger partial charge < -0.3 is 5.11 Å². The van der Waals surface area contributed by atoms with Gasteiger partial charge in [0.05, 0.1) is 6.61 Å². The van der Waals surface area contributed by atoms with E-state index in [1.54, 1.807) is 13.0 Å². The van der Waals surface area contributed by atoms with Crippen LogP contribution < -0.4 is 4.72 Å². The lowest BCUT2D eigenvalue weighted by atomic mass is 10.1. The Labute approximate surface area is 107 Å². The van der Waals surface area contributed by atoms with Gasteiger partial charge in [-0.3, -0.25) is 0 Å². The topological polar surface area (TPSA) is 66.4 Å². The number of sulfonamides is 1. The maximum Gasteiger partial charge on any atom is 0.250 e. The van der Waals surface area contributed by atoms with E-state index < -0.39 is 10.0 Å². The Morgan fingerprint density at radius 3 is 2.65 bits per heavy atom. The Kier molecular flexibility index (Phi) is 5.12. The first-order chi connectivity index (χ1) is 7.90. The van der Waals surface area contributed by atoms with Crippen LogP contribution in [0.4, 0.5) is 0 Å². The lowest BCUT2D eigenvalue weighted by Gasteiger charge is -2.09. The third-order valence-corrected chi connectivity index (χ3v) is 5.84. The molecular weight excluding hydrogens is 258 g/mol. The second-order valence-electron chi connectivity index (χ2n) is 4.20. The maximum absolute atomic E-state index is 12.0. The molecule has 1 atom stereocenters. The summed E-state index contributed by atoms with van der Waals surface area (Å²) in [5.74, 6) is 0.322. The van der Waals surface area contributed by atoms with Gasteiger partial charge in [-0.25, -0.2) is 13.1 Å². The summed E-state index contributed by atoms with van der Waals surface area (Å²) in [7, 11) is -3.42. The number of hydrogen-bond donors (Lipinski definition) is 2. The number of aliphatic hydroxyl groups is 1. The van der Waals surface area contributed by atoms with Gasteiger partial charge in [0, 0.05) is 11.4 Å². The molecule has 0 fully saturated rings. The Morgan fingerprint density at radius 2 is 2.18 bits per heavy atom. The molecule has 98 valence electrons. The zero-order valence-corrected chi connectivity index (χ0v) is 12.0. The van der Waals surface area contributed by atoms with Gasteiger partial charge in [0.15, 0.2) is 0 Å². The van der Waals surface area contributed by atoms with Gasteiger partial charge in [0.2, 0.25) is 10.0 Å². The minimum absolute atomic E-state index is 0.114. The van der Waals surface area contributed by atoms with Crippen molar-refractivity contribution < 1.29 is 13.5 Å². The average molecular weight is 277 g/mol. The number of thiophene rings is 1.